The predicted molar refractivity (Wildman–Crippen MR) is 67.8 cm³/mol. The number of hydrogen-bond donors (Lipinski definition) is 2. The molecule has 0 unspecified atom stereocenters. The summed E-state index contributed by atoms with van der Waals surface area (Å²) in [6, 6.07) is 3.85. The smallest absolute Gasteiger partial charge is 0.240 e. The molecule has 1 aliphatic rings. The summed E-state index contributed by atoms with van der Waals surface area (Å²) in [5, 5.41) is 2.87. The van der Waals surface area contributed by atoms with Gasteiger partial charge in [-0.1, -0.05) is 6.07 Å². The molecule has 2 heterocycles. The van der Waals surface area contributed by atoms with Crippen molar-refractivity contribution in [2.24, 2.45) is 5.73 Å². The third-order valence-electron chi connectivity index (χ3n) is 3.37. The molecule has 3 N–H and O–H groups in total. The van der Waals surface area contributed by atoms with Crippen LogP contribution in [0.2, 0.25) is 0 Å². The molecule has 0 spiro atoms. The molecular weight excluding hydrogens is 230 g/mol. The Balaban J connectivity index is 1.94. The molecule has 1 fully saturated rings. The third kappa shape index (κ3) is 2.86. The van der Waals surface area contributed by atoms with Gasteiger partial charge >= 0.3 is 0 Å². The maximum Gasteiger partial charge on any atom is 0.240 e. The van der Waals surface area contributed by atoms with Crippen molar-refractivity contribution in [1.29, 1.82) is 0 Å². The van der Waals surface area contributed by atoms with Gasteiger partial charge in [0, 0.05) is 19.4 Å². The largest absolute Gasteiger partial charge is 0.381 e. The van der Waals surface area contributed by atoms with Gasteiger partial charge in [0.2, 0.25) is 5.91 Å². The molecule has 5 heteroatoms. The number of pyridine rings is 1. The summed E-state index contributed by atoms with van der Waals surface area (Å²) in [7, 11) is 0. The number of ether oxygens (including phenoxy) is 1. The Morgan fingerprint density at radius 3 is 2.94 bits per heavy atom. The fraction of sp³-hybridized carbons (Fsp3) is 0.538. The van der Waals surface area contributed by atoms with Gasteiger partial charge in [-0.3, -0.25) is 9.78 Å². The van der Waals surface area contributed by atoms with Gasteiger partial charge in [0.05, 0.1) is 17.8 Å². The molecule has 1 aliphatic heterocycles. The van der Waals surface area contributed by atoms with Gasteiger partial charge in [0.15, 0.2) is 0 Å². The fourth-order valence-corrected chi connectivity index (χ4v) is 2.01. The van der Waals surface area contributed by atoms with Crippen molar-refractivity contribution in [1.82, 2.24) is 10.3 Å². The van der Waals surface area contributed by atoms with Crippen LogP contribution in [0.5, 0.6) is 0 Å². The third-order valence-corrected chi connectivity index (χ3v) is 3.37. The van der Waals surface area contributed by atoms with Gasteiger partial charge in [-0.05, 0) is 31.4 Å². The van der Waals surface area contributed by atoms with Gasteiger partial charge in [0.1, 0.15) is 0 Å². The van der Waals surface area contributed by atoms with Gasteiger partial charge in [-0.25, -0.2) is 0 Å². The number of rotatable bonds is 3. The molecule has 0 aliphatic carbocycles. The zero-order valence-corrected chi connectivity index (χ0v) is 10.6. The Morgan fingerprint density at radius 2 is 2.28 bits per heavy atom. The van der Waals surface area contributed by atoms with E-state index in [9.17, 15) is 4.79 Å². The molecule has 98 valence electrons. The van der Waals surface area contributed by atoms with Crippen LogP contribution in [0.25, 0.3) is 0 Å². The highest BCUT2D eigenvalue weighted by atomic mass is 16.5. The second-order valence-corrected chi connectivity index (χ2v) is 4.72. The quantitative estimate of drug-likeness (QED) is 0.818. The van der Waals surface area contributed by atoms with Gasteiger partial charge in [-0.2, -0.15) is 0 Å². The van der Waals surface area contributed by atoms with Crippen LogP contribution in [0.4, 0.5) is 0 Å². The first-order valence-corrected chi connectivity index (χ1v) is 6.17. The average molecular weight is 249 g/mol. The van der Waals surface area contributed by atoms with Crippen molar-refractivity contribution in [2.45, 2.75) is 31.8 Å². The monoisotopic (exact) mass is 249 g/mol. The summed E-state index contributed by atoms with van der Waals surface area (Å²) < 4.78 is 5.22. The number of aryl methyl sites for hydroxylation is 1. The van der Waals surface area contributed by atoms with Crippen molar-refractivity contribution in [3.05, 3.63) is 29.6 Å². The summed E-state index contributed by atoms with van der Waals surface area (Å²) in [6.07, 6.45) is 2.86. The van der Waals surface area contributed by atoms with E-state index in [0.29, 0.717) is 32.6 Å². The first-order chi connectivity index (χ1) is 8.62. The summed E-state index contributed by atoms with van der Waals surface area (Å²) >= 11 is 0. The molecule has 1 aromatic heterocycles. The minimum atomic E-state index is -0.791. The van der Waals surface area contributed by atoms with E-state index in [4.69, 9.17) is 10.5 Å². The standard InChI is InChI=1S/C13H19N3O2/c1-10-3-2-6-15-11(10)9-16-12(17)13(14)4-7-18-8-5-13/h2-3,6H,4-5,7-9,14H2,1H3,(H,16,17). The minimum absolute atomic E-state index is 0.115. The first-order valence-electron chi connectivity index (χ1n) is 6.17. The number of nitrogens with one attached hydrogen (secondary N) is 1. The normalized spacial score (nSPS) is 18.3. The lowest BCUT2D eigenvalue weighted by molar-refractivity contribution is -0.129. The Labute approximate surface area is 107 Å². The Hall–Kier alpha value is -1.46. The topological polar surface area (TPSA) is 77.2 Å². The van der Waals surface area contributed by atoms with Crippen LogP contribution < -0.4 is 11.1 Å². The molecule has 0 radical (unpaired) electrons. The second kappa shape index (κ2) is 5.46. The zero-order valence-electron chi connectivity index (χ0n) is 10.6. The first kappa shape index (κ1) is 13.0. The predicted octanol–water partition coefficient (Wildman–Crippen LogP) is 0.514. The van der Waals surface area contributed by atoms with Crippen molar-refractivity contribution in [2.75, 3.05) is 13.2 Å². The lowest BCUT2D eigenvalue weighted by Crippen LogP contribution is -2.56. The molecule has 1 aromatic rings. The zero-order chi connectivity index (χ0) is 13.0. The van der Waals surface area contributed by atoms with Crippen LogP contribution in [-0.4, -0.2) is 29.6 Å². The van der Waals surface area contributed by atoms with Crippen LogP contribution in [0.3, 0.4) is 0 Å². The molecule has 0 aromatic carbocycles. The Morgan fingerprint density at radius 1 is 1.56 bits per heavy atom. The van der Waals surface area contributed by atoms with Crippen molar-refractivity contribution >= 4 is 5.91 Å². The Kier molecular flexibility index (Phi) is 3.93. The number of nitrogens with two attached hydrogens (primary N) is 1. The SMILES string of the molecule is Cc1cccnc1CNC(=O)C1(N)CCOCC1. The highest BCUT2D eigenvalue weighted by Gasteiger charge is 2.35. The van der Waals surface area contributed by atoms with Crippen molar-refractivity contribution in [3.8, 4) is 0 Å². The molecular formula is C13H19N3O2. The summed E-state index contributed by atoms with van der Waals surface area (Å²) in [5.74, 6) is -0.115. The molecule has 0 bridgehead atoms. The van der Waals surface area contributed by atoms with Crippen LogP contribution in [0, 0.1) is 6.92 Å². The molecule has 0 atom stereocenters. The number of carbonyl (C=O) groups excluding carboxylic acids is 1. The number of hydrogen-bond acceptors (Lipinski definition) is 4. The fourth-order valence-electron chi connectivity index (χ4n) is 2.01. The number of nitrogens with zero attached hydrogens (tertiary/aromatic N) is 1. The van der Waals surface area contributed by atoms with Gasteiger partial charge in [0.25, 0.3) is 0 Å². The minimum Gasteiger partial charge on any atom is -0.381 e. The van der Waals surface area contributed by atoms with E-state index in [1.54, 1.807) is 6.20 Å². The molecule has 1 saturated heterocycles. The summed E-state index contributed by atoms with van der Waals surface area (Å²) in [6.45, 7) is 3.49. The van der Waals surface area contributed by atoms with E-state index < -0.39 is 5.54 Å². The lowest BCUT2D eigenvalue weighted by atomic mass is 9.90. The van der Waals surface area contributed by atoms with E-state index in [-0.39, 0.29) is 5.91 Å². The lowest BCUT2D eigenvalue weighted by Gasteiger charge is -2.31. The number of amides is 1. The number of carbonyl (C=O) groups is 1. The highest BCUT2D eigenvalue weighted by Crippen LogP contribution is 2.17. The van der Waals surface area contributed by atoms with E-state index in [0.717, 1.165) is 11.3 Å². The van der Waals surface area contributed by atoms with Crippen LogP contribution in [-0.2, 0) is 16.1 Å². The van der Waals surface area contributed by atoms with Crippen LogP contribution in [0.15, 0.2) is 18.3 Å². The van der Waals surface area contributed by atoms with E-state index in [1.165, 1.54) is 0 Å². The van der Waals surface area contributed by atoms with E-state index >= 15 is 0 Å². The van der Waals surface area contributed by atoms with Crippen molar-refractivity contribution in [3.63, 3.8) is 0 Å². The maximum absolute atomic E-state index is 12.1. The summed E-state index contributed by atoms with van der Waals surface area (Å²) in [4.78, 5) is 16.3. The van der Waals surface area contributed by atoms with Gasteiger partial charge in [-0.15, -0.1) is 0 Å². The summed E-state index contributed by atoms with van der Waals surface area (Å²) in [5.41, 5.74) is 7.24. The molecule has 2 rings (SSSR count). The van der Waals surface area contributed by atoms with E-state index in [1.807, 2.05) is 19.1 Å². The number of aromatic nitrogens is 1. The van der Waals surface area contributed by atoms with Gasteiger partial charge < -0.3 is 15.8 Å². The van der Waals surface area contributed by atoms with Crippen molar-refractivity contribution < 1.29 is 9.53 Å². The highest BCUT2D eigenvalue weighted by molar-refractivity contribution is 5.86. The molecule has 1 amide bonds. The van der Waals surface area contributed by atoms with Crippen LogP contribution >= 0.6 is 0 Å². The van der Waals surface area contributed by atoms with E-state index in [2.05, 4.69) is 10.3 Å². The molecule has 0 saturated carbocycles. The molecule has 5 nitrogen and oxygen atoms in total. The maximum atomic E-state index is 12.1. The Bertz CT molecular complexity index is 428. The second-order valence-electron chi connectivity index (χ2n) is 4.72. The van der Waals surface area contributed by atoms with Crippen LogP contribution in [0.1, 0.15) is 24.1 Å². The molecule has 18 heavy (non-hydrogen) atoms. The average Bonchev–Trinajstić information content (AvgIpc) is 2.38.